The smallest absolute Gasteiger partial charge is 0.326 e. The van der Waals surface area contributed by atoms with Gasteiger partial charge >= 0.3 is 12.0 Å². The van der Waals surface area contributed by atoms with Crippen molar-refractivity contribution in [1.82, 2.24) is 9.80 Å². The number of aliphatic carboxylic acids is 1. The Bertz CT molecular complexity index is 330. The van der Waals surface area contributed by atoms with Crippen molar-refractivity contribution in [3.63, 3.8) is 0 Å². The lowest BCUT2D eigenvalue weighted by Gasteiger charge is -2.39. The summed E-state index contributed by atoms with van der Waals surface area (Å²) in [6.07, 6.45) is 3.38. The molecule has 0 radical (unpaired) electrons. The molecule has 1 rings (SSSR count). The summed E-state index contributed by atoms with van der Waals surface area (Å²) in [4.78, 5) is 26.7. The first-order valence-corrected chi connectivity index (χ1v) is 6.42. The summed E-state index contributed by atoms with van der Waals surface area (Å²) in [6.45, 7) is 8.92. The zero-order chi connectivity index (χ0) is 13.7. The summed E-state index contributed by atoms with van der Waals surface area (Å²) in [7, 11) is 0. The molecule has 0 saturated carbocycles. The number of carboxylic acid groups (broad SMARTS) is 1. The molecule has 0 aliphatic carbocycles. The molecule has 18 heavy (non-hydrogen) atoms. The number of urea groups is 1. The predicted molar refractivity (Wildman–Crippen MR) is 69.4 cm³/mol. The lowest BCUT2D eigenvalue weighted by atomic mass is 9.91. The van der Waals surface area contributed by atoms with E-state index in [1.165, 1.54) is 4.90 Å². The van der Waals surface area contributed by atoms with Crippen LogP contribution in [0.5, 0.6) is 0 Å². The van der Waals surface area contributed by atoms with E-state index in [0.717, 1.165) is 12.8 Å². The maximum Gasteiger partial charge on any atom is 0.326 e. The Balaban J connectivity index is 2.86. The van der Waals surface area contributed by atoms with Gasteiger partial charge in [-0.1, -0.05) is 13.0 Å². The van der Waals surface area contributed by atoms with Crippen LogP contribution in [0.3, 0.4) is 0 Å². The maximum absolute atomic E-state index is 12.3. The number of hydrogen-bond donors (Lipinski definition) is 1. The number of hydrogen-bond acceptors (Lipinski definition) is 2. The van der Waals surface area contributed by atoms with Crippen molar-refractivity contribution in [2.75, 3.05) is 19.6 Å². The molecule has 0 aromatic rings. The highest BCUT2D eigenvalue weighted by Crippen LogP contribution is 2.24. The van der Waals surface area contributed by atoms with Gasteiger partial charge in [-0.2, -0.15) is 0 Å². The first kappa shape index (κ1) is 14.5. The van der Waals surface area contributed by atoms with Crippen LogP contribution in [0.4, 0.5) is 4.79 Å². The minimum absolute atomic E-state index is 0.00244. The van der Waals surface area contributed by atoms with E-state index >= 15 is 0 Å². The fraction of sp³-hybridized carbons (Fsp3) is 0.692. The lowest BCUT2D eigenvalue weighted by molar-refractivity contribution is -0.145. The number of likely N-dealkylation sites (N-methyl/N-ethyl adjacent to an activating group) is 1. The molecule has 1 aliphatic rings. The molecule has 0 bridgehead atoms. The summed E-state index contributed by atoms with van der Waals surface area (Å²) >= 11 is 0. The third-order valence-electron chi connectivity index (χ3n) is 3.43. The average molecular weight is 254 g/mol. The maximum atomic E-state index is 12.3. The van der Waals surface area contributed by atoms with Gasteiger partial charge in [0.05, 0.1) is 0 Å². The summed E-state index contributed by atoms with van der Waals surface area (Å²) < 4.78 is 0. The van der Waals surface area contributed by atoms with Crippen molar-refractivity contribution in [3.8, 4) is 0 Å². The topological polar surface area (TPSA) is 60.9 Å². The van der Waals surface area contributed by atoms with E-state index in [1.807, 2.05) is 13.8 Å². The van der Waals surface area contributed by atoms with Gasteiger partial charge in [-0.15, -0.1) is 6.58 Å². The Morgan fingerprint density at radius 2 is 2.22 bits per heavy atom. The molecule has 2 unspecified atom stereocenters. The number of rotatable bonds is 4. The molecular formula is C13H22N2O3. The van der Waals surface area contributed by atoms with Crippen LogP contribution < -0.4 is 0 Å². The fourth-order valence-electron chi connectivity index (χ4n) is 2.46. The highest BCUT2D eigenvalue weighted by atomic mass is 16.4. The first-order chi connectivity index (χ1) is 8.52. The van der Waals surface area contributed by atoms with E-state index in [-0.39, 0.29) is 11.9 Å². The minimum Gasteiger partial charge on any atom is -0.480 e. The van der Waals surface area contributed by atoms with Crippen molar-refractivity contribution < 1.29 is 14.7 Å². The van der Waals surface area contributed by atoms with Crippen LogP contribution in [0.25, 0.3) is 0 Å². The Labute approximate surface area is 108 Å². The first-order valence-electron chi connectivity index (χ1n) is 6.42. The Morgan fingerprint density at radius 3 is 2.72 bits per heavy atom. The molecule has 0 spiro atoms. The summed E-state index contributed by atoms with van der Waals surface area (Å²) in [6, 6.07) is -0.901. The molecule has 0 aromatic carbocycles. The molecule has 2 amide bonds. The van der Waals surface area contributed by atoms with Gasteiger partial charge in [-0.3, -0.25) is 0 Å². The summed E-state index contributed by atoms with van der Waals surface area (Å²) in [5.74, 6) is -0.909. The molecule has 1 fully saturated rings. The molecule has 5 heteroatoms. The number of carboxylic acids is 1. The minimum atomic E-state index is -0.912. The second kappa shape index (κ2) is 6.42. The fourth-order valence-corrected chi connectivity index (χ4v) is 2.46. The van der Waals surface area contributed by atoms with Crippen molar-refractivity contribution in [1.29, 1.82) is 0 Å². The Morgan fingerprint density at radius 1 is 1.56 bits per heavy atom. The average Bonchev–Trinajstić information content (AvgIpc) is 2.34. The van der Waals surface area contributed by atoms with E-state index in [4.69, 9.17) is 0 Å². The van der Waals surface area contributed by atoms with Crippen LogP contribution in [0.2, 0.25) is 0 Å². The van der Waals surface area contributed by atoms with E-state index in [0.29, 0.717) is 19.6 Å². The zero-order valence-corrected chi connectivity index (χ0v) is 11.1. The third-order valence-corrected chi connectivity index (χ3v) is 3.43. The van der Waals surface area contributed by atoms with Gasteiger partial charge in [0.15, 0.2) is 0 Å². The lowest BCUT2D eigenvalue weighted by Crippen LogP contribution is -2.56. The SMILES string of the molecule is C=CCN(CC)C(=O)N1CCCC(C)C1C(=O)O. The number of likely N-dealkylation sites (tertiary alicyclic amines) is 1. The number of amides is 2. The van der Waals surface area contributed by atoms with Gasteiger partial charge in [-0.25, -0.2) is 9.59 Å². The molecule has 1 aliphatic heterocycles. The van der Waals surface area contributed by atoms with Gasteiger partial charge in [-0.05, 0) is 25.7 Å². The van der Waals surface area contributed by atoms with Crippen molar-refractivity contribution in [3.05, 3.63) is 12.7 Å². The van der Waals surface area contributed by atoms with Gasteiger partial charge in [0.2, 0.25) is 0 Å². The normalized spacial score (nSPS) is 23.6. The van der Waals surface area contributed by atoms with Crippen LogP contribution in [-0.4, -0.2) is 52.6 Å². The van der Waals surface area contributed by atoms with E-state index in [1.54, 1.807) is 11.0 Å². The number of nitrogens with zero attached hydrogens (tertiary/aromatic N) is 2. The Hall–Kier alpha value is -1.52. The van der Waals surface area contributed by atoms with Gasteiger partial charge < -0.3 is 14.9 Å². The van der Waals surface area contributed by atoms with E-state index in [9.17, 15) is 14.7 Å². The highest BCUT2D eigenvalue weighted by Gasteiger charge is 2.38. The van der Waals surface area contributed by atoms with Crippen LogP contribution in [-0.2, 0) is 4.79 Å². The van der Waals surface area contributed by atoms with Crippen LogP contribution in [0.15, 0.2) is 12.7 Å². The van der Waals surface area contributed by atoms with Gasteiger partial charge in [0, 0.05) is 19.6 Å². The van der Waals surface area contributed by atoms with Crippen LogP contribution in [0, 0.1) is 5.92 Å². The number of piperidine rings is 1. The van der Waals surface area contributed by atoms with Crippen LogP contribution >= 0.6 is 0 Å². The second-order valence-electron chi connectivity index (χ2n) is 4.71. The van der Waals surface area contributed by atoms with Crippen LogP contribution in [0.1, 0.15) is 26.7 Å². The Kier molecular flexibility index (Phi) is 5.19. The van der Waals surface area contributed by atoms with Gasteiger partial charge in [0.1, 0.15) is 6.04 Å². The van der Waals surface area contributed by atoms with Crippen molar-refractivity contribution >= 4 is 12.0 Å². The van der Waals surface area contributed by atoms with Gasteiger partial charge in [0.25, 0.3) is 0 Å². The van der Waals surface area contributed by atoms with E-state index in [2.05, 4.69) is 6.58 Å². The molecule has 5 nitrogen and oxygen atoms in total. The molecule has 0 aromatic heterocycles. The predicted octanol–water partition coefficient (Wildman–Crippen LogP) is 1.80. The molecule has 2 atom stereocenters. The summed E-state index contributed by atoms with van der Waals surface area (Å²) in [5, 5.41) is 9.28. The number of carbonyl (C=O) groups is 2. The molecule has 1 heterocycles. The van der Waals surface area contributed by atoms with Crippen molar-refractivity contribution in [2.45, 2.75) is 32.7 Å². The monoisotopic (exact) mass is 254 g/mol. The molecular weight excluding hydrogens is 232 g/mol. The zero-order valence-electron chi connectivity index (χ0n) is 11.1. The van der Waals surface area contributed by atoms with Crippen molar-refractivity contribution in [2.24, 2.45) is 5.92 Å². The second-order valence-corrected chi connectivity index (χ2v) is 4.71. The summed E-state index contributed by atoms with van der Waals surface area (Å²) in [5.41, 5.74) is 0. The standard InChI is InChI=1S/C13H22N2O3/c1-4-8-14(5-2)13(18)15-9-6-7-10(3)11(15)12(16)17/h4,10-11H,1,5-9H2,2-3H3,(H,16,17). The number of carbonyl (C=O) groups excluding carboxylic acids is 1. The molecule has 102 valence electrons. The molecule has 1 saturated heterocycles. The third kappa shape index (κ3) is 3.03. The quantitative estimate of drug-likeness (QED) is 0.778. The van der Waals surface area contributed by atoms with E-state index < -0.39 is 12.0 Å². The highest BCUT2D eigenvalue weighted by molar-refractivity contribution is 5.83. The molecule has 1 N–H and O–H groups in total. The largest absolute Gasteiger partial charge is 0.480 e.